The molecule has 4 aliphatic rings. The first-order valence-electron chi connectivity index (χ1n) is 15.8. The highest BCUT2D eigenvalue weighted by atomic mass is 35.5. The smallest absolute Gasteiger partial charge is 0.433 e. The maximum Gasteiger partial charge on any atom is 0.433 e. The summed E-state index contributed by atoms with van der Waals surface area (Å²) in [5.74, 6) is -25.5. The molecule has 4 amide bonds. The van der Waals surface area contributed by atoms with E-state index in [4.69, 9.17) is 39.5 Å². The van der Waals surface area contributed by atoms with Crippen LogP contribution in [0.3, 0.4) is 0 Å². The van der Waals surface area contributed by atoms with Gasteiger partial charge in [-0.3, -0.25) is 24.2 Å². The SMILES string of the molecule is COc1ccc(C2C3=CCC4C(=O)N(N(C)c5nc(C(F)(F)F)ccc5Cl)C(=O)C4C3CC3(Cl)C(=O)N(c4c(F)c(F)c(F)c(F)c4F)C(=O)C23Cl)c(O)c1. The fourth-order valence-electron chi connectivity index (χ4n) is 8.00. The number of phenols is 1. The molecule has 1 N–H and O–H groups in total. The van der Waals surface area contributed by atoms with Crippen LogP contribution in [0.2, 0.25) is 5.02 Å². The molecule has 3 aromatic rings. The summed E-state index contributed by atoms with van der Waals surface area (Å²) in [6, 6.07) is 4.98. The summed E-state index contributed by atoms with van der Waals surface area (Å²) in [6.45, 7) is 0. The molecule has 2 aliphatic carbocycles. The van der Waals surface area contributed by atoms with Gasteiger partial charge in [0.15, 0.2) is 38.8 Å². The molecule has 2 aromatic carbocycles. The summed E-state index contributed by atoms with van der Waals surface area (Å²) in [5, 5.41) is 12.0. The van der Waals surface area contributed by atoms with Crippen LogP contribution in [0.15, 0.2) is 42.0 Å². The first-order valence-corrected chi connectivity index (χ1v) is 17.0. The number of hydrogen-bond donors (Lipinski definition) is 1. The number of carbonyl (C=O) groups is 4. The molecule has 0 spiro atoms. The number of allylic oxidation sites excluding steroid dienone is 2. The minimum Gasteiger partial charge on any atom is -0.508 e. The van der Waals surface area contributed by atoms with Crippen LogP contribution in [0.5, 0.6) is 11.5 Å². The number of nitrogens with zero attached hydrogens (tertiary/aromatic N) is 4. The molecule has 2 aliphatic heterocycles. The van der Waals surface area contributed by atoms with Crippen LogP contribution in [-0.2, 0) is 25.4 Å². The molecule has 3 heterocycles. The minimum absolute atomic E-state index is 0.00859. The third kappa shape index (κ3) is 5.16. The van der Waals surface area contributed by atoms with Gasteiger partial charge >= 0.3 is 6.18 Å². The van der Waals surface area contributed by atoms with Crippen molar-refractivity contribution in [2.75, 3.05) is 24.1 Å². The average molecular weight is 840 g/mol. The summed E-state index contributed by atoms with van der Waals surface area (Å²) in [6.07, 6.45) is -4.75. The van der Waals surface area contributed by atoms with E-state index in [1.807, 2.05) is 0 Å². The van der Waals surface area contributed by atoms with Gasteiger partial charge in [-0.15, -0.1) is 23.2 Å². The number of methoxy groups -OCH3 is 1. The number of anilines is 2. The maximum absolute atomic E-state index is 15.3. The highest BCUT2D eigenvalue weighted by molar-refractivity contribution is 6.58. The molecule has 55 heavy (non-hydrogen) atoms. The molecule has 10 nitrogen and oxygen atoms in total. The Hall–Kier alpha value is -4.68. The van der Waals surface area contributed by atoms with Crippen molar-refractivity contribution in [3.8, 4) is 11.5 Å². The molecular formula is C34H21Cl3F8N4O6. The first kappa shape index (κ1) is 38.6. The molecule has 3 fully saturated rings. The van der Waals surface area contributed by atoms with Crippen molar-refractivity contribution in [3.05, 3.63) is 87.3 Å². The van der Waals surface area contributed by atoms with E-state index < -0.39 is 122 Å². The van der Waals surface area contributed by atoms with Crippen molar-refractivity contribution in [1.82, 2.24) is 9.99 Å². The summed E-state index contributed by atoms with van der Waals surface area (Å²) in [5.41, 5.74) is -3.65. The zero-order chi connectivity index (χ0) is 40.4. The van der Waals surface area contributed by atoms with Gasteiger partial charge in [-0.25, -0.2) is 31.8 Å². The topological polar surface area (TPSA) is 120 Å². The number of rotatable bonds is 5. The number of halogens is 11. The molecule has 6 atom stereocenters. The van der Waals surface area contributed by atoms with E-state index in [1.54, 1.807) is 0 Å². The van der Waals surface area contributed by atoms with Crippen molar-refractivity contribution in [2.45, 2.75) is 34.7 Å². The lowest BCUT2D eigenvalue weighted by Gasteiger charge is -2.50. The minimum atomic E-state index is -4.95. The predicted molar refractivity (Wildman–Crippen MR) is 176 cm³/mol. The second kappa shape index (κ2) is 12.7. The fourth-order valence-corrected chi connectivity index (χ4v) is 9.15. The number of amides is 4. The van der Waals surface area contributed by atoms with Gasteiger partial charge in [-0.1, -0.05) is 29.3 Å². The zero-order valence-electron chi connectivity index (χ0n) is 27.6. The lowest BCUT2D eigenvalue weighted by molar-refractivity contribution is -0.141. The average Bonchev–Trinajstić information content (AvgIpc) is 3.47. The number of benzene rings is 2. The van der Waals surface area contributed by atoms with Crippen molar-refractivity contribution < 1.29 is 64.1 Å². The summed E-state index contributed by atoms with van der Waals surface area (Å²) < 4.78 is 119. The summed E-state index contributed by atoms with van der Waals surface area (Å²) >= 11 is 20.3. The van der Waals surface area contributed by atoms with Crippen molar-refractivity contribution >= 4 is 69.9 Å². The lowest BCUT2D eigenvalue weighted by atomic mass is 9.56. The van der Waals surface area contributed by atoms with E-state index in [0.717, 1.165) is 19.2 Å². The zero-order valence-corrected chi connectivity index (χ0v) is 29.9. The van der Waals surface area contributed by atoms with Gasteiger partial charge in [0.25, 0.3) is 23.6 Å². The molecule has 0 radical (unpaired) electrons. The van der Waals surface area contributed by atoms with E-state index in [2.05, 4.69) is 4.98 Å². The number of aromatic hydroxyl groups is 1. The molecule has 290 valence electrons. The second-order valence-electron chi connectivity index (χ2n) is 13.1. The van der Waals surface area contributed by atoms with Gasteiger partial charge in [-0.2, -0.15) is 18.2 Å². The highest BCUT2D eigenvalue weighted by Crippen LogP contribution is 2.67. The Morgan fingerprint density at radius 2 is 1.53 bits per heavy atom. The number of hydrazine groups is 1. The molecule has 1 saturated carbocycles. The number of fused-ring (bicyclic) bond motifs is 4. The van der Waals surface area contributed by atoms with Gasteiger partial charge in [-0.05, 0) is 37.0 Å². The van der Waals surface area contributed by atoms with Crippen molar-refractivity contribution in [3.63, 3.8) is 0 Å². The maximum atomic E-state index is 15.3. The highest BCUT2D eigenvalue weighted by Gasteiger charge is 2.77. The summed E-state index contributed by atoms with van der Waals surface area (Å²) in [4.78, 5) is 54.3. The van der Waals surface area contributed by atoms with Crippen LogP contribution in [0, 0.1) is 46.8 Å². The van der Waals surface area contributed by atoms with Crippen LogP contribution in [-0.4, -0.2) is 62.6 Å². The number of phenolic OH excluding ortho intramolecular Hbond substituents is 1. The van der Waals surface area contributed by atoms with E-state index in [9.17, 15) is 50.6 Å². The standard InChI is InChI=1S/C34H21Cl3F8N4O6/c1-47(27-16(35)7-8-18(46-27)34(43,44)45)49-28(51)14-6-5-12-15(19(14)29(49)52)10-32(36)30(53)48(26-24(41)22(39)21(38)23(40)25(26)42)31(54)33(32,37)20(12)13-4-3-11(55-2)9-17(13)50/h3-5,7-9,14-15,19-20,50H,6,10H2,1-2H3. The Balaban J connectivity index is 1.39. The second-order valence-corrected chi connectivity index (χ2v) is 14.8. The Bertz CT molecular complexity index is 2270. The van der Waals surface area contributed by atoms with E-state index in [0.29, 0.717) is 16.1 Å². The van der Waals surface area contributed by atoms with Crippen molar-refractivity contribution in [1.29, 1.82) is 0 Å². The molecular weight excluding hydrogens is 819 g/mol. The third-order valence-corrected chi connectivity index (χ3v) is 12.2. The van der Waals surface area contributed by atoms with E-state index >= 15 is 8.78 Å². The van der Waals surface area contributed by atoms with Gasteiger partial charge in [0.05, 0.1) is 24.0 Å². The third-order valence-electron chi connectivity index (χ3n) is 10.5. The predicted octanol–water partition coefficient (Wildman–Crippen LogP) is 6.78. The Morgan fingerprint density at radius 3 is 2.11 bits per heavy atom. The number of ether oxygens (including phenoxy) is 1. The number of hydrogen-bond acceptors (Lipinski definition) is 8. The summed E-state index contributed by atoms with van der Waals surface area (Å²) in [7, 11) is 2.29. The van der Waals surface area contributed by atoms with Crippen LogP contribution < -0.4 is 14.6 Å². The Morgan fingerprint density at radius 1 is 0.909 bits per heavy atom. The van der Waals surface area contributed by atoms with Crippen LogP contribution in [0.1, 0.15) is 30.0 Å². The van der Waals surface area contributed by atoms with E-state index in [-0.39, 0.29) is 33.2 Å². The molecule has 21 heteroatoms. The molecule has 1 aromatic heterocycles. The number of carbonyl (C=O) groups excluding carboxylic acids is 4. The van der Waals surface area contributed by atoms with Crippen LogP contribution in [0.4, 0.5) is 46.6 Å². The fraction of sp³-hybridized carbons (Fsp3) is 0.324. The molecule has 0 bridgehead atoms. The molecule has 7 rings (SSSR count). The van der Waals surface area contributed by atoms with Gasteiger partial charge in [0.2, 0.25) is 5.82 Å². The quantitative estimate of drug-likeness (QED) is 0.0747. The largest absolute Gasteiger partial charge is 0.508 e. The monoisotopic (exact) mass is 838 g/mol. The van der Waals surface area contributed by atoms with Gasteiger partial charge in [0.1, 0.15) is 22.9 Å². The van der Waals surface area contributed by atoms with Gasteiger partial charge in [0, 0.05) is 24.6 Å². The Labute approximate surface area is 318 Å². The lowest BCUT2D eigenvalue weighted by Crippen LogP contribution is -2.60. The van der Waals surface area contributed by atoms with Gasteiger partial charge < -0.3 is 9.84 Å². The number of imide groups is 2. The van der Waals surface area contributed by atoms with Crippen LogP contribution in [0.25, 0.3) is 0 Å². The number of alkyl halides is 5. The van der Waals surface area contributed by atoms with Crippen molar-refractivity contribution in [2.24, 2.45) is 17.8 Å². The van der Waals surface area contributed by atoms with E-state index in [1.165, 1.54) is 25.3 Å². The number of pyridine rings is 1. The first-order chi connectivity index (χ1) is 25.6. The molecule has 6 unspecified atom stereocenters. The van der Waals surface area contributed by atoms with Crippen LogP contribution >= 0.6 is 34.8 Å². The Kier molecular flexibility index (Phi) is 8.89. The number of aromatic nitrogens is 1. The normalized spacial score (nSPS) is 27.6. The molecule has 2 saturated heterocycles.